The maximum Gasteiger partial charge on any atom is 0.346 e. The molecule has 0 bridgehead atoms. The van der Waals surface area contributed by atoms with E-state index in [0.29, 0.717) is 24.8 Å². The number of nitrogens with zero attached hydrogens (tertiary/aromatic N) is 3. The highest BCUT2D eigenvalue weighted by atomic mass is 16.6. The molecule has 0 spiro atoms. The van der Waals surface area contributed by atoms with Gasteiger partial charge in [-0.2, -0.15) is 0 Å². The van der Waals surface area contributed by atoms with Crippen LogP contribution >= 0.6 is 0 Å². The van der Waals surface area contributed by atoms with Gasteiger partial charge in [0.25, 0.3) is 0 Å². The molecule has 1 unspecified atom stereocenters. The number of aliphatic hydroxyl groups excluding tert-OH is 1. The summed E-state index contributed by atoms with van der Waals surface area (Å²) in [6.07, 6.45) is -1.12. The monoisotopic (exact) mass is 359 g/mol. The Bertz CT molecular complexity index is 835. The maximum atomic E-state index is 11.1. The highest BCUT2D eigenvalue weighted by molar-refractivity contribution is 5.56. The summed E-state index contributed by atoms with van der Waals surface area (Å²) in [7, 11) is 1.96. The van der Waals surface area contributed by atoms with Crippen molar-refractivity contribution in [1.82, 2.24) is 0 Å². The van der Waals surface area contributed by atoms with Gasteiger partial charge in [-0.1, -0.05) is 12.1 Å². The molecule has 1 aliphatic heterocycles. The Balaban J connectivity index is 1.84. The quantitative estimate of drug-likeness (QED) is 0.621. The first-order chi connectivity index (χ1) is 12.4. The van der Waals surface area contributed by atoms with Gasteiger partial charge in [0, 0.05) is 24.9 Å². The number of aliphatic hydroxyl groups is 1. The van der Waals surface area contributed by atoms with E-state index in [1.54, 1.807) is 12.1 Å². The molecule has 0 aromatic heterocycles. The molecule has 136 valence electrons. The van der Waals surface area contributed by atoms with Crippen molar-refractivity contribution < 1.29 is 19.7 Å². The number of likely N-dealkylation sites (N-methyl/N-ethyl adjacent to an activating group) is 1. The van der Waals surface area contributed by atoms with Crippen LogP contribution in [0.4, 0.5) is 17.1 Å². The van der Waals surface area contributed by atoms with E-state index in [-0.39, 0.29) is 5.56 Å². The Labute approximate surface area is 148 Å². The van der Waals surface area contributed by atoms with Gasteiger partial charge in [-0.3, -0.25) is 20.2 Å². The fraction of sp³-hybridized carbons (Fsp3) is 0.294. The molecule has 1 N–H and O–H groups in total. The summed E-state index contributed by atoms with van der Waals surface area (Å²) in [5.41, 5.74) is 0.466. The third kappa shape index (κ3) is 3.35. The van der Waals surface area contributed by atoms with Crippen molar-refractivity contribution in [3.8, 4) is 0 Å². The number of hydrogen-bond acceptors (Lipinski definition) is 7. The topological polar surface area (TPSA) is 119 Å². The molecular weight excluding hydrogens is 342 g/mol. The molecular formula is C17H17N3O6. The van der Waals surface area contributed by atoms with Crippen LogP contribution in [-0.2, 0) is 4.74 Å². The van der Waals surface area contributed by atoms with Crippen molar-refractivity contribution in [3.05, 3.63) is 73.8 Å². The van der Waals surface area contributed by atoms with Crippen LogP contribution in [0.25, 0.3) is 0 Å². The van der Waals surface area contributed by atoms with Crippen LogP contribution in [0, 0.1) is 20.2 Å². The molecule has 2 aromatic carbocycles. The molecule has 1 fully saturated rings. The van der Waals surface area contributed by atoms with Crippen molar-refractivity contribution in [2.24, 2.45) is 0 Å². The summed E-state index contributed by atoms with van der Waals surface area (Å²) in [5.74, 6) is 0. The third-order valence-electron chi connectivity index (χ3n) is 4.49. The van der Waals surface area contributed by atoms with Crippen LogP contribution in [0.1, 0.15) is 17.2 Å². The van der Waals surface area contributed by atoms with Crippen molar-refractivity contribution in [2.75, 3.05) is 25.2 Å². The van der Waals surface area contributed by atoms with E-state index in [1.807, 2.05) is 19.2 Å². The van der Waals surface area contributed by atoms with Crippen LogP contribution in [0.3, 0.4) is 0 Å². The fourth-order valence-electron chi connectivity index (χ4n) is 2.75. The molecule has 0 radical (unpaired) electrons. The van der Waals surface area contributed by atoms with Crippen molar-refractivity contribution in [2.45, 2.75) is 12.1 Å². The minimum absolute atomic E-state index is 0.218. The van der Waals surface area contributed by atoms with Gasteiger partial charge in [0.15, 0.2) is 0 Å². The van der Waals surface area contributed by atoms with Crippen LogP contribution in [0.5, 0.6) is 0 Å². The molecule has 1 saturated heterocycles. The zero-order valence-corrected chi connectivity index (χ0v) is 13.9. The second kappa shape index (κ2) is 7.06. The van der Waals surface area contributed by atoms with Gasteiger partial charge in [0.1, 0.15) is 6.10 Å². The lowest BCUT2D eigenvalue weighted by Crippen LogP contribution is -2.47. The molecule has 26 heavy (non-hydrogen) atoms. The highest BCUT2D eigenvalue weighted by Gasteiger charge is 2.26. The smallest absolute Gasteiger partial charge is 0.346 e. The number of nitro benzene ring substituents is 2. The zero-order chi connectivity index (χ0) is 18.8. The number of hydrogen-bond donors (Lipinski definition) is 1. The van der Waals surface area contributed by atoms with Crippen molar-refractivity contribution in [3.63, 3.8) is 0 Å². The Morgan fingerprint density at radius 3 is 2.12 bits per heavy atom. The number of ether oxygens (including phenoxy) is 1. The fourth-order valence-corrected chi connectivity index (χ4v) is 2.75. The van der Waals surface area contributed by atoms with E-state index in [9.17, 15) is 25.3 Å². The Morgan fingerprint density at radius 1 is 1.04 bits per heavy atom. The average Bonchev–Trinajstić information content (AvgIpc) is 2.59. The van der Waals surface area contributed by atoms with E-state index in [4.69, 9.17) is 4.74 Å². The summed E-state index contributed by atoms with van der Waals surface area (Å²) in [6, 6.07) is 10.9. The van der Waals surface area contributed by atoms with E-state index >= 15 is 0 Å². The van der Waals surface area contributed by atoms with Gasteiger partial charge in [0.2, 0.25) is 0 Å². The van der Waals surface area contributed by atoms with Crippen LogP contribution in [0.2, 0.25) is 0 Å². The summed E-state index contributed by atoms with van der Waals surface area (Å²) >= 11 is 0. The van der Waals surface area contributed by atoms with Crippen molar-refractivity contribution >= 4 is 17.1 Å². The SMILES string of the molecule is CN(c1ccc(C(O)c2ccc([N+](=O)[O-])c([N+](=O)[O-])c2)cc1)C1COC1. The first-order valence-electron chi connectivity index (χ1n) is 7.90. The molecule has 2 aromatic rings. The first-order valence-corrected chi connectivity index (χ1v) is 7.90. The molecule has 0 aliphatic carbocycles. The summed E-state index contributed by atoms with van der Waals surface area (Å²) in [4.78, 5) is 22.4. The molecule has 1 heterocycles. The standard InChI is InChI=1S/C17H17N3O6/c1-18(14-9-26-10-14)13-5-2-11(3-6-13)17(21)12-4-7-15(19(22)23)16(8-12)20(24)25/h2-8,14,17,21H,9-10H2,1H3. The van der Waals surface area contributed by atoms with Gasteiger partial charge >= 0.3 is 11.4 Å². The summed E-state index contributed by atoms with van der Waals surface area (Å²) in [6.45, 7) is 1.35. The molecule has 9 heteroatoms. The molecule has 0 amide bonds. The predicted octanol–water partition coefficient (Wildman–Crippen LogP) is 2.42. The Hall–Kier alpha value is -3.04. The van der Waals surface area contributed by atoms with E-state index in [2.05, 4.69) is 4.90 Å². The molecule has 9 nitrogen and oxygen atoms in total. The number of benzene rings is 2. The van der Waals surface area contributed by atoms with Gasteiger partial charge in [-0.05, 0) is 29.3 Å². The minimum Gasteiger partial charge on any atom is -0.384 e. The second-order valence-electron chi connectivity index (χ2n) is 6.06. The predicted molar refractivity (Wildman–Crippen MR) is 93.3 cm³/mol. The highest BCUT2D eigenvalue weighted by Crippen LogP contribution is 2.32. The lowest BCUT2D eigenvalue weighted by Gasteiger charge is -2.36. The lowest BCUT2D eigenvalue weighted by molar-refractivity contribution is -0.422. The minimum atomic E-state index is -1.12. The maximum absolute atomic E-state index is 11.1. The molecule has 3 rings (SSSR count). The zero-order valence-electron chi connectivity index (χ0n) is 13.9. The van der Waals surface area contributed by atoms with E-state index < -0.39 is 27.3 Å². The molecule has 1 aliphatic rings. The molecule has 0 saturated carbocycles. The van der Waals surface area contributed by atoms with Gasteiger partial charge in [-0.25, -0.2) is 0 Å². The second-order valence-corrected chi connectivity index (χ2v) is 6.06. The van der Waals surface area contributed by atoms with E-state index in [1.165, 1.54) is 6.07 Å². The van der Waals surface area contributed by atoms with Crippen LogP contribution in [-0.4, -0.2) is 41.3 Å². The average molecular weight is 359 g/mol. The van der Waals surface area contributed by atoms with Crippen LogP contribution in [0.15, 0.2) is 42.5 Å². The largest absolute Gasteiger partial charge is 0.384 e. The number of anilines is 1. The van der Waals surface area contributed by atoms with Crippen molar-refractivity contribution in [1.29, 1.82) is 0 Å². The summed E-state index contributed by atoms with van der Waals surface area (Å²) in [5, 5.41) is 32.4. The van der Waals surface area contributed by atoms with E-state index in [0.717, 1.165) is 17.8 Å². The normalized spacial score (nSPS) is 15.2. The Kier molecular flexibility index (Phi) is 4.83. The Morgan fingerprint density at radius 2 is 1.62 bits per heavy atom. The molecule has 1 atom stereocenters. The van der Waals surface area contributed by atoms with Crippen LogP contribution < -0.4 is 4.90 Å². The van der Waals surface area contributed by atoms with Gasteiger partial charge in [0.05, 0.1) is 29.1 Å². The number of rotatable bonds is 6. The first kappa shape index (κ1) is 17.8. The lowest BCUT2D eigenvalue weighted by atomic mass is 10.00. The van der Waals surface area contributed by atoms with Gasteiger partial charge in [-0.15, -0.1) is 0 Å². The van der Waals surface area contributed by atoms with Gasteiger partial charge < -0.3 is 14.7 Å². The summed E-state index contributed by atoms with van der Waals surface area (Å²) < 4.78 is 5.17. The number of nitro groups is 2. The third-order valence-corrected chi connectivity index (χ3v) is 4.49.